The van der Waals surface area contributed by atoms with Crippen LogP contribution in [0.2, 0.25) is 0 Å². The molecule has 0 fully saturated rings. The number of carbonyl (C=O) groups excluding carboxylic acids is 1. The third-order valence-corrected chi connectivity index (χ3v) is 6.64. The first-order valence-corrected chi connectivity index (χ1v) is 11.8. The minimum Gasteiger partial charge on any atom is -0.492 e. The Morgan fingerprint density at radius 1 is 0.906 bits per heavy atom. The van der Waals surface area contributed by atoms with Crippen molar-refractivity contribution in [1.29, 1.82) is 0 Å². The minimum absolute atomic E-state index is 0.129. The van der Waals surface area contributed by atoms with Gasteiger partial charge in [0.05, 0.1) is 22.9 Å². The Kier molecular flexibility index (Phi) is 7.20. The highest BCUT2D eigenvalue weighted by atomic mass is 32.2. The molecule has 0 aliphatic rings. The molecule has 3 rings (SSSR count). The molecule has 0 aliphatic carbocycles. The molecule has 0 aromatic heterocycles. The van der Waals surface area contributed by atoms with Gasteiger partial charge in [-0.15, -0.1) is 0 Å². The third-order valence-electron chi connectivity index (χ3n) is 4.85. The molecule has 3 aromatic carbocycles. The van der Waals surface area contributed by atoms with Crippen LogP contribution in [0, 0.1) is 20.8 Å². The van der Waals surface area contributed by atoms with Gasteiger partial charge in [0.2, 0.25) is 5.91 Å². The summed E-state index contributed by atoms with van der Waals surface area (Å²) in [6.45, 7) is 7.61. The number of aryl methyl sites for hydroxylation is 3. The van der Waals surface area contributed by atoms with Gasteiger partial charge in [-0.05, 0) is 75.2 Å². The lowest BCUT2D eigenvalue weighted by molar-refractivity contribution is -0.114. The first-order chi connectivity index (χ1) is 15.2. The number of hydrogen-bond donors (Lipinski definition) is 1. The molecule has 0 bridgehead atoms. The quantitative estimate of drug-likeness (QED) is 0.530. The molecule has 168 valence electrons. The maximum atomic E-state index is 13.5. The van der Waals surface area contributed by atoms with Gasteiger partial charge < -0.3 is 10.1 Å². The molecular formula is C25H28N2O4S. The zero-order chi connectivity index (χ0) is 23.3. The molecule has 0 spiro atoms. The van der Waals surface area contributed by atoms with Crippen LogP contribution in [-0.4, -0.2) is 27.5 Å². The Hall–Kier alpha value is -3.32. The highest BCUT2D eigenvalue weighted by molar-refractivity contribution is 7.92. The summed E-state index contributed by atoms with van der Waals surface area (Å²) < 4.78 is 33.8. The van der Waals surface area contributed by atoms with Crippen molar-refractivity contribution in [3.8, 4) is 5.75 Å². The maximum absolute atomic E-state index is 13.5. The highest BCUT2D eigenvalue weighted by Gasteiger charge is 2.28. The summed E-state index contributed by atoms with van der Waals surface area (Å²) in [5.41, 5.74) is 3.70. The predicted molar refractivity (Wildman–Crippen MR) is 128 cm³/mol. The lowest BCUT2D eigenvalue weighted by Gasteiger charge is -2.25. The second kappa shape index (κ2) is 9.87. The Balaban J connectivity index is 1.98. The molecule has 32 heavy (non-hydrogen) atoms. The highest BCUT2D eigenvalue weighted by Crippen LogP contribution is 2.27. The van der Waals surface area contributed by atoms with Crippen molar-refractivity contribution in [2.75, 3.05) is 22.8 Å². The molecule has 0 atom stereocenters. The number of anilines is 2. The lowest BCUT2D eigenvalue weighted by atomic mass is 10.1. The van der Waals surface area contributed by atoms with E-state index in [1.54, 1.807) is 54.6 Å². The molecule has 1 amide bonds. The van der Waals surface area contributed by atoms with E-state index in [0.717, 1.165) is 21.0 Å². The maximum Gasteiger partial charge on any atom is 0.264 e. The second-order valence-electron chi connectivity index (χ2n) is 7.65. The molecule has 0 radical (unpaired) electrons. The number of sulfonamides is 1. The van der Waals surface area contributed by atoms with Gasteiger partial charge in [-0.2, -0.15) is 0 Å². The summed E-state index contributed by atoms with van der Waals surface area (Å²) in [6.07, 6.45) is 0. The second-order valence-corrected chi connectivity index (χ2v) is 9.51. The van der Waals surface area contributed by atoms with E-state index in [1.807, 2.05) is 39.8 Å². The topological polar surface area (TPSA) is 75.7 Å². The van der Waals surface area contributed by atoms with Gasteiger partial charge >= 0.3 is 0 Å². The molecule has 7 heteroatoms. The third kappa shape index (κ3) is 5.48. The van der Waals surface area contributed by atoms with Crippen LogP contribution in [0.4, 0.5) is 11.4 Å². The van der Waals surface area contributed by atoms with Gasteiger partial charge in [-0.25, -0.2) is 8.42 Å². The molecule has 6 nitrogen and oxygen atoms in total. The van der Waals surface area contributed by atoms with E-state index in [9.17, 15) is 13.2 Å². The van der Waals surface area contributed by atoms with Gasteiger partial charge in [0.25, 0.3) is 10.0 Å². The van der Waals surface area contributed by atoms with Crippen molar-refractivity contribution in [2.45, 2.75) is 32.6 Å². The summed E-state index contributed by atoms with van der Waals surface area (Å²) in [6, 6.07) is 19.1. The molecular weight excluding hydrogens is 424 g/mol. The zero-order valence-electron chi connectivity index (χ0n) is 18.8. The summed E-state index contributed by atoms with van der Waals surface area (Å²) in [4.78, 5) is 13.1. The van der Waals surface area contributed by atoms with Crippen LogP contribution in [0.5, 0.6) is 5.75 Å². The number of rotatable bonds is 8. The average molecular weight is 453 g/mol. The monoisotopic (exact) mass is 452 g/mol. The minimum atomic E-state index is -3.97. The fraction of sp³-hybridized carbons (Fsp3) is 0.240. The molecule has 0 aliphatic heterocycles. The van der Waals surface area contributed by atoms with E-state index in [4.69, 9.17) is 4.74 Å². The van der Waals surface area contributed by atoms with Crippen molar-refractivity contribution >= 4 is 27.3 Å². The number of carbonyl (C=O) groups is 1. The van der Waals surface area contributed by atoms with E-state index >= 15 is 0 Å². The van der Waals surface area contributed by atoms with E-state index in [2.05, 4.69) is 5.32 Å². The van der Waals surface area contributed by atoms with Crippen LogP contribution in [-0.2, 0) is 14.8 Å². The van der Waals surface area contributed by atoms with Crippen molar-refractivity contribution in [1.82, 2.24) is 0 Å². The van der Waals surface area contributed by atoms with Crippen LogP contribution in [0.3, 0.4) is 0 Å². The number of hydrogen-bond acceptors (Lipinski definition) is 4. The van der Waals surface area contributed by atoms with Gasteiger partial charge in [-0.1, -0.05) is 35.9 Å². The summed E-state index contributed by atoms with van der Waals surface area (Å²) in [5, 5.41) is 2.79. The van der Waals surface area contributed by atoms with Crippen LogP contribution in [0.25, 0.3) is 0 Å². The molecule has 0 unspecified atom stereocenters. The van der Waals surface area contributed by atoms with Gasteiger partial charge in [0.1, 0.15) is 12.3 Å². The summed E-state index contributed by atoms with van der Waals surface area (Å²) in [5.74, 6) is 0.0645. The van der Waals surface area contributed by atoms with Gasteiger partial charge in [0.15, 0.2) is 0 Å². The Bertz CT molecular complexity index is 1180. The Morgan fingerprint density at radius 3 is 2.16 bits per heavy atom. The van der Waals surface area contributed by atoms with Crippen molar-refractivity contribution in [3.63, 3.8) is 0 Å². The zero-order valence-corrected chi connectivity index (χ0v) is 19.6. The summed E-state index contributed by atoms with van der Waals surface area (Å²) >= 11 is 0. The first-order valence-electron chi connectivity index (χ1n) is 10.4. The largest absolute Gasteiger partial charge is 0.492 e. The SMILES string of the molecule is CCOc1ccccc1NC(=O)CN(c1cc(C)cc(C)c1)S(=O)(=O)c1ccc(C)cc1. The number of para-hydroxylation sites is 2. The molecule has 0 saturated carbocycles. The fourth-order valence-electron chi connectivity index (χ4n) is 3.42. The average Bonchev–Trinajstić information content (AvgIpc) is 2.73. The van der Waals surface area contributed by atoms with Crippen LogP contribution in [0.15, 0.2) is 71.6 Å². The molecule has 0 saturated heterocycles. The van der Waals surface area contributed by atoms with Gasteiger partial charge in [0, 0.05) is 0 Å². The summed E-state index contributed by atoms with van der Waals surface area (Å²) in [7, 11) is -3.97. The van der Waals surface area contributed by atoms with E-state index in [0.29, 0.717) is 23.7 Å². The molecule has 1 N–H and O–H groups in total. The lowest BCUT2D eigenvalue weighted by Crippen LogP contribution is -2.38. The number of nitrogens with zero attached hydrogens (tertiary/aromatic N) is 1. The number of amides is 1. The van der Waals surface area contributed by atoms with Crippen molar-refractivity contribution in [3.05, 3.63) is 83.4 Å². The Labute approximate surface area is 189 Å². The smallest absolute Gasteiger partial charge is 0.264 e. The van der Waals surface area contributed by atoms with Crippen LogP contribution in [0.1, 0.15) is 23.6 Å². The van der Waals surface area contributed by atoms with Gasteiger partial charge in [-0.3, -0.25) is 9.10 Å². The van der Waals surface area contributed by atoms with Crippen molar-refractivity contribution < 1.29 is 17.9 Å². The first kappa shape index (κ1) is 23.3. The number of ether oxygens (including phenoxy) is 1. The number of benzene rings is 3. The van der Waals surface area contributed by atoms with E-state index in [1.165, 1.54) is 0 Å². The number of nitrogens with one attached hydrogen (secondary N) is 1. The fourth-order valence-corrected chi connectivity index (χ4v) is 4.82. The predicted octanol–water partition coefficient (Wildman–Crippen LogP) is 4.84. The van der Waals surface area contributed by atoms with Crippen LogP contribution < -0.4 is 14.4 Å². The van der Waals surface area contributed by atoms with Crippen LogP contribution >= 0.6 is 0 Å². The molecule has 3 aromatic rings. The van der Waals surface area contributed by atoms with Crippen molar-refractivity contribution in [2.24, 2.45) is 0 Å². The van der Waals surface area contributed by atoms with E-state index in [-0.39, 0.29) is 11.4 Å². The Morgan fingerprint density at radius 2 is 1.53 bits per heavy atom. The normalized spacial score (nSPS) is 11.1. The standard InChI is InChI=1S/C25H28N2O4S/c1-5-31-24-9-7-6-8-23(24)26-25(28)17-27(21-15-19(3)14-20(4)16-21)32(29,30)22-12-10-18(2)11-13-22/h6-16H,5,17H2,1-4H3,(H,26,28). The molecule has 0 heterocycles. The van der Waals surface area contributed by atoms with E-state index < -0.39 is 15.9 Å².